The van der Waals surface area contributed by atoms with Crippen LogP contribution in [0.3, 0.4) is 0 Å². The molecule has 0 unspecified atom stereocenters. The summed E-state index contributed by atoms with van der Waals surface area (Å²) in [5.74, 6) is 0.0518. The highest BCUT2D eigenvalue weighted by Gasteiger charge is 2.45. The first-order valence-electron chi connectivity index (χ1n) is 9.20. The van der Waals surface area contributed by atoms with Gasteiger partial charge in [0, 0.05) is 28.0 Å². The van der Waals surface area contributed by atoms with Gasteiger partial charge in [0.05, 0.1) is 5.41 Å². The Hall–Kier alpha value is -2.37. The Balaban J connectivity index is 1.52. The maximum Gasteiger partial charge on any atom is 0.235 e. The second kappa shape index (κ2) is 7.94. The monoisotopic (exact) mass is 409 g/mol. The number of nitrogens with zero attached hydrogens (tertiary/aromatic N) is 2. The van der Waals surface area contributed by atoms with Gasteiger partial charge in [0.25, 0.3) is 0 Å². The van der Waals surface area contributed by atoms with Crippen LogP contribution in [0, 0.1) is 6.92 Å². The number of carbonyl (C=O) groups excluding carboxylic acids is 1. The zero-order valence-corrected chi connectivity index (χ0v) is 17.1. The molecule has 2 aromatic carbocycles. The van der Waals surface area contributed by atoms with Crippen molar-refractivity contribution in [3.8, 4) is 0 Å². The minimum atomic E-state index is -0.456. The maximum absolute atomic E-state index is 13.2. The summed E-state index contributed by atoms with van der Waals surface area (Å²) >= 11 is 7.52. The van der Waals surface area contributed by atoms with Gasteiger partial charge in [-0.3, -0.25) is 4.79 Å². The number of amides is 1. The number of hydrogen-bond acceptors (Lipinski definition) is 4. The van der Waals surface area contributed by atoms with E-state index in [0.29, 0.717) is 10.2 Å². The molecule has 4 nitrogen and oxygen atoms in total. The van der Waals surface area contributed by atoms with Crippen LogP contribution < -0.4 is 5.32 Å². The topological polar surface area (TPSA) is 54.9 Å². The summed E-state index contributed by atoms with van der Waals surface area (Å²) in [4.78, 5) is 22.7. The number of nitrogens with one attached hydrogen (secondary N) is 1. The molecule has 0 aliphatic heterocycles. The van der Waals surface area contributed by atoms with Crippen LogP contribution in [0.5, 0.6) is 0 Å². The predicted octanol–water partition coefficient (Wildman–Crippen LogP) is 5.65. The Kier molecular flexibility index (Phi) is 5.38. The van der Waals surface area contributed by atoms with E-state index in [1.165, 1.54) is 11.8 Å². The van der Waals surface area contributed by atoms with Gasteiger partial charge >= 0.3 is 0 Å². The van der Waals surface area contributed by atoms with Crippen LogP contribution in [0.1, 0.15) is 30.4 Å². The summed E-state index contributed by atoms with van der Waals surface area (Å²) in [7, 11) is 0. The largest absolute Gasteiger partial charge is 0.325 e. The lowest BCUT2D eigenvalue weighted by Gasteiger charge is -2.40. The van der Waals surface area contributed by atoms with Crippen molar-refractivity contribution >= 4 is 35.0 Å². The van der Waals surface area contributed by atoms with Gasteiger partial charge in [-0.2, -0.15) is 0 Å². The summed E-state index contributed by atoms with van der Waals surface area (Å²) in [6.45, 7) is 2.00. The lowest BCUT2D eigenvalue weighted by molar-refractivity contribution is -0.124. The minimum absolute atomic E-state index is 0.0518. The lowest BCUT2D eigenvalue weighted by Crippen LogP contribution is -2.46. The number of carbonyl (C=O) groups is 1. The molecule has 0 radical (unpaired) electrons. The Bertz CT molecular complexity index is 988. The van der Waals surface area contributed by atoms with Crippen LogP contribution in [-0.4, -0.2) is 15.9 Å². The predicted molar refractivity (Wildman–Crippen MR) is 113 cm³/mol. The van der Waals surface area contributed by atoms with Crippen molar-refractivity contribution in [2.45, 2.75) is 41.7 Å². The Labute approximate surface area is 173 Å². The first-order valence-corrected chi connectivity index (χ1v) is 10.4. The molecular formula is C22H20ClN3OS. The number of anilines is 1. The SMILES string of the molecule is Cc1cc(Sc2ncccn2)ccc1NC(=O)C1(c2ccc(Cl)cc2)CCC1. The van der Waals surface area contributed by atoms with Crippen molar-refractivity contribution < 1.29 is 4.79 Å². The quantitative estimate of drug-likeness (QED) is 0.553. The number of benzene rings is 2. The van der Waals surface area contributed by atoms with E-state index in [9.17, 15) is 4.79 Å². The zero-order chi connectivity index (χ0) is 19.6. The maximum atomic E-state index is 13.2. The van der Waals surface area contributed by atoms with E-state index in [4.69, 9.17) is 11.6 Å². The van der Waals surface area contributed by atoms with E-state index in [-0.39, 0.29) is 5.91 Å². The van der Waals surface area contributed by atoms with Crippen molar-refractivity contribution in [3.05, 3.63) is 77.1 Å². The third kappa shape index (κ3) is 3.77. The van der Waals surface area contributed by atoms with E-state index in [2.05, 4.69) is 15.3 Å². The fraction of sp³-hybridized carbons (Fsp3) is 0.227. The molecule has 0 bridgehead atoms. The van der Waals surface area contributed by atoms with Gasteiger partial charge in [0.15, 0.2) is 5.16 Å². The standard InChI is InChI=1S/C22H20ClN3OS/c1-15-14-18(28-21-24-12-3-13-25-21)8-9-19(15)26-20(27)22(10-2-11-22)16-4-6-17(23)7-5-16/h3-9,12-14H,2,10-11H2,1H3,(H,26,27). The second-order valence-corrected chi connectivity index (χ2v) is 8.48. The van der Waals surface area contributed by atoms with E-state index in [1.807, 2.05) is 49.4 Å². The molecule has 28 heavy (non-hydrogen) atoms. The highest BCUT2D eigenvalue weighted by Crippen LogP contribution is 2.45. The van der Waals surface area contributed by atoms with Crippen LogP contribution in [0.15, 0.2) is 71.0 Å². The molecule has 3 aromatic rings. The molecule has 0 saturated heterocycles. The Morgan fingerprint density at radius 3 is 2.43 bits per heavy atom. The summed E-state index contributed by atoms with van der Waals surface area (Å²) in [5.41, 5.74) is 2.43. The molecule has 1 heterocycles. The summed E-state index contributed by atoms with van der Waals surface area (Å²) in [6, 6.07) is 15.4. The van der Waals surface area contributed by atoms with Crippen molar-refractivity contribution in [2.24, 2.45) is 0 Å². The third-order valence-electron chi connectivity index (χ3n) is 5.24. The normalized spacial score (nSPS) is 14.9. The molecule has 0 spiro atoms. The van der Waals surface area contributed by atoms with Gasteiger partial charge in [-0.15, -0.1) is 0 Å². The van der Waals surface area contributed by atoms with Crippen molar-refractivity contribution in [1.29, 1.82) is 0 Å². The molecular weight excluding hydrogens is 390 g/mol. The van der Waals surface area contributed by atoms with Crippen molar-refractivity contribution in [3.63, 3.8) is 0 Å². The molecule has 4 rings (SSSR count). The van der Waals surface area contributed by atoms with Gasteiger partial charge in [0.1, 0.15) is 0 Å². The number of rotatable bonds is 5. The van der Waals surface area contributed by atoms with E-state index in [1.54, 1.807) is 18.5 Å². The van der Waals surface area contributed by atoms with Crippen LogP contribution in [-0.2, 0) is 10.2 Å². The molecule has 1 aliphatic carbocycles. The Morgan fingerprint density at radius 2 is 1.82 bits per heavy atom. The van der Waals surface area contributed by atoms with Gasteiger partial charge in [-0.1, -0.05) is 30.2 Å². The number of hydrogen-bond donors (Lipinski definition) is 1. The van der Waals surface area contributed by atoms with Gasteiger partial charge in [0.2, 0.25) is 5.91 Å². The number of aromatic nitrogens is 2. The molecule has 1 aliphatic rings. The first kappa shape index (κ1) is 19.0. The van der Waals surface area contributed by atoms with Gasteiger partial charge in [-0.25, -0.2) is 9.97 Å². The summed E-state index contributed by atoms with van der Waals surface area (Å²) in [6.07, 6.45) is 6.23. The van der Waals surface area contributed by atoms with E-state index >= 15 is 0 Å². The van der Waals surface area contributed by atoms with Crippen LogP contribution in [0.25, 0.3) is 0 Å². The molecule has 6 heteroatoms. The molecule has 0 atom stereocenters. The van der Waals surface area contributed by atoms with E-state index < -0.39 is 5.41 Å². The number of halogens is 1. The molecule has 142 valence electrons. The second-order valence-electron chi connectivity index (χ2n) is 7.01. The van der Waals surface area contributed by atoms with Crippen molar-refractivity contribution in [1.82, 2.24) is 9.97 Å². The molecule has 1 aromatic heterocycles. The van der Waals surface area contributed by atoms with Gasteiger partial charge < -0.3 is 5.32 Å². The Morgan fingerprint density at radius 1 is 1.11 bits per heavy atom. The average Bonchev–Trinajstić information content (AvgIpc) is 2.65. The summed E-state index contributed by atoms with van der Waals surface area (Å²) < 4.78 is 0. The van der Waals surface area contributed by atoms with Gasteiger partial charge in [-0.05, 0) is 79.1 Å². The molecule has 1 fully saturated rings. The van der Waals surface area contributed by atoms with Crippen LogP contribution in [0.4, 0.5) is 5.69 Å². The lowest BCUT2D eigenvalue weighted by atomic mass is 9.64. The van der Waals surface area contributed by atoms with Crippen molar-refractivity contribution in [2.75, 3.05) is 5.32 Å². The highest BCUT2D eigenvalue weighted by atomic mass is 35.5. The average molecular weight is 410 g/mol. The fourth-order valence-corrected chi connectivity index (χ4v) is 4.41. The zero-order valence-electron chi connectivity index (χ0n) is 15.5. The minimum Gasteiger partial charge on any atom is -0.325 e. The fourth-order valence-electron chi connectivity index (χ4n) is 3.47. The molecule has 1 N–H and O–H groups in total. The van der Waals surface area contributed by atoms with Crippen LogP contribution >= 0.6 is 23.4 Å². The van der Waals surface area contributed by atoms with Crippen LogP contribution in [0.2, 0.25) is 5.02 Å². The third-order valence-corrected chi connectivity index (χ3v) is 6.37. The molecule has 1 saturated carbocycles. The highest BCUT2D eigenvalue weighted by molar-refractivity contribution is 7.99. The first-order chi connectivity index (χ1) is 13.6. The number of aryl methyl sites for hydroxylation is 1. The smallest absolute Gasteiger partial charge is 0.235 e. The molecule has 1 amide bonds. The summed E-state index contributed by atoms with van der Waals surface area (Å²) in [5, 5.41) is 4.53. The van der Waals surface area contributed by atoms with E-state index in [0.717, 1.165) is 41.0 Å².